The van der Waals surface area contributed by atoms with E-state index in [0.717, 1.165) is 6.26 Å². The maximum absolute atomic E-state index is 11.6. The van der Waals surface area contributed by atoms with Crippen molar-refractivity contribution in [3.63, 3.8) is 0 Å². The molecule has 0 bridgehead atoms. The number of benzene rings is 1. The summed E-state index contributed by atoms with van der Waals surface area (Å²) in [6.07, 6.45) is 0.603. The van der Waals surface area contributed by atoms with Crippen molar-refractivity contribution in [3.8, 4) is 0 Å². The molecule has 130 valence electrons. The monoisotopic (exact) mass is 343 g/mol. The first kappa shape index (κ1) is 19.1. The van der Waals surface area contributed by atoms with E-state index in [4.69, 9.17) is 4.74 Å². The fourth-order valence-electron chi connectivity index (χ4n) is 1.76. The van der Waals surface area contributed by atoms with Gasteiger partial charge in [0.25, 0.3) is 0 Å². The molecule has 0 fully saturated rings. The third-order valence-electron chi connectivity index (χ3n) is 2.58. The van der Waals surface area contributed by atoms with Crippen LogP contribution >= 0.6 is 0 Å². The topological polar surface area (TPSA) is 96.5 Å². The second-order valence-electron chi connectivity index (χ2n) is 6.35. The van der Waals surface area contributed by atoms with E-state index in [1.54, 1.807) is 45.0 Å². The minimum atomic E-state index is -3.36. The Hall–Kier alpha value is -1.96. The van der Waals surface area contributed by atoms with Crippen molar-refractivity contribution >= 4 is 27.5 Å². The van der Waals surface area contributed by atoms with Crippen LogP contribution in [0.5, 0.6) is 0 Å². The van der Waals surface area contributed by atoms with Crippen molar-refractivity contribution in [1.82, 2.24) is 5.32 Å². The zero-order valence-corrected chi connectivity index (χ0v) is 15.0. The van der Waals surface area contributed by atoms with Gasteiger partial charge >= 0.3 is 6.09 Å². The van der Waals surface area contributed by atoms with E-state index in [1.165, 1.54) is 0 Å². The highest BCUT2D eigenvalue weighted by Crippen LogP contribution is 2.22. The fourth-order valence-corrected chi connectivity index (χ4v) is 2.34. The van der Waals surface area contributed by atoms with Crippen LogP contribution in [0.25, 0.3) is 0 Å². The molecular weight excluding hydrogens is 318 g/mol. The Morgan fingerprint density at radius 1 is 1.22 bits per heavy atom. The minimum Gasteiger partial charge on any atom is -0.444 e. The van der Waals surface area contributed by atoms with Gasteiger partial charge in [0.2, 0.25) is 10.0 Å². The van der Waals surface area contributed by atoms with Gasteiger partial charge in [0.05, 0.1) is 17.6 Å². The highest BCUT2D eigenvalue weighted by Gasteiger charge is 2.16. The predicted molar refractivity (Wildman–Crippen MR) is 92.2 cm³/mol. The number of carbonyl (C=O) groups is 1. The number of rotatable bonds is 6. The molecule has 3 N–H and O–H groups in total. The minimum absolute atomic E-state index is 0.120. The van der Waals surface area contributed by atoms with Gasteiger partial charge < -0.3 is 15.4 Å². The third kappa shape index (κ3) is 8.29. The van der Waals surface area contributed by atoms with E-state index in [1.807, 2.05) is 6.92 Å². The van der Waals surface area contributed by atoms with E-state index in [9.17, 15) is 13.2 Å². The summed E-state index contributed by atoms with van der Waals surface area (Å²) < 4.78 is 30.4. The average molecular weight is 343 g/mol. The van der Waals surface area contributed by atoms with Crippen LogP contribution in [-0.2, 0) is 14.8 Å². The van der Waals surface area contributed by atoms with Crippen molar-refractivity contribution in [2.45, 2.75) is 39.3 Å². The lowest BCUT2D eigenvalue weighted by molar-refractivity contribution is 0.0526. The molecule has 0 radical (unpaired) electrons. The molecule has 8 heteroatoms. The summed E-state index contributed by atoms with van der Waals surface area (Å²) in [4.78, 5) is 11.6. The lowest BCUT2D eigenvalue weighted by atomic mass is 10.2. The lowest BCUT2D eigenvalue weighted by Gasteiger charge is -2.22. The number of amides is 1. The number of anilines is 2. The predicted octanol–water partition coefficient (Wildman–Crippen LogP) is 2.38. The van der Waals surface area contributed by atoms with Gasteiger partial charge in [-0.2, -0.15) is 0 Å². The van der Waals surface area contributed by atoms with Gasteiger partial charge in [0.1, 0.15) is 5.60 Å². The van der Waals surface area contributed by atoms with E-state index in [0.29, 0.717) is 17.9 Å². The third-order valence-corrected chi connectivity index (χ3v) is 3.17. The highest BCUT2D eigenvalue weighted by atomic mass is 32.2. The number of hydrogen-bond donors (Lipinski definition) is 3. The summed E-state index contributed by atoms with van der Waals surface area (Å²) in [5.41, 5.74) is 0.544. The summed E-state index contributed by atoms with van der Waals surface area (Å²) in [5, 5.41) is 5.82. The van der Waals surface area contributed by atoms with Crippen LogP contribution in [-0.4, -0.2) is 39.0 Å². The van der Waals surface area contributed by atoms with Crippen molar-refractivity contribution < 1.29 is 17.9 Å². The van der Waals surface area contributed by atoms with E-state index >= 15 is 0 Å². The molecule has 1 rings (SSSR count). The zero-order chi connectivity index (χ0) is 17.7. The normalized spacial score (nSPS) is 13.1. The fraction of sp³-hybridized carbons (Fsp3) is 0.533. The quantitative estimate of drug-likeness (QED) is 0.737. The number of alkyl carbamates (subject to hydrolysis) is 1. The molecule has 1 unspecified atom stereocenters. The first-order valence-electron chi connectivity index (χ1n) is 7.26. The first-order chi connectivity index (χ1) is 10.5. The molecule has 1 aromatic rings. The highest BCUT2D eigenvalue weighted by molar-refractivity contribution is 7.92. The molecular formula is C15H25N3O4S. The van der Waals surface area contributed by atoms with Crippen molar-refractivity contribution in [3.05, 3.63) is 24.3 Å². The molecule has 0 heterocycles. The van der Waals surface area contributed by atoms with Gasteiger partial charge in [-0.3, -0.25) is 4.72 Å². The van der Waals surface area contributed by atoms with Gasteiger partial charge in [-0.15, -0.1) is 0 Å². The molecule has 1 amide bonds. The van der Waals surface area contributed by atoms with Crippen LogP contribution in [0.3, 0.4) is 0 Å². The standard InChI is InChI=1S/C15H25N3O4S/c1-11(10-16-14(19)22-15(2,3)4)17-12-8-6-7-9-13(12)18-23(5,20)21/h6-9,11,17-18H,10H2,1-5H3,(H,16,19). The molecule has 23 heavy (non-hydrogen) atoms. The zero-order valence-electron chi connectivity index (χ0n) is 14.1. The Morgan fingerprint density at radius 2 is 1.78 bits per heavy atom. The van der Waals surface area contributed by atoms with Gasteiger partial charge in [0.15, 0.2) is 0 Å². The summed E-state index contributed by atoms with van der Waals surface area (Å²) >= 11 is 0. The van der Waals surface area contributed by atoms with Gasteiger partial charge in [-0.25, -0.2) is 13.2 Å². The van der Waals surface area contributed by atoms with Crippen LogP contribution in [0.4, 0.5) is 16.2 Å². The Labute approximate surface area is 137 Å². The summed E-state index contributed by atoms with van der Waals surface area (Å²) in [6.45, 7) is 7.58. The van der Waals surface area contributed by atoms with Crippen molar-refractivity contribution in [2.24, 2.45) is 0 Å². The van der Waals surface area contributed by atoms with E-state index < -0.39 is 21.7 Å². The molecule has 0 spiro atoms. The van der Waals surface area contributed by atoms with Crippen LogP contribution in [0.1, 0.15) is 27.7 Å². The first-order valence-corrected chi connectivity index (χ1v) is 9.15. The van der Waals surface area contributed by atoms with Crippen LogP contribution in [0.15, 0.2) is 24.3 Å². The maximum atomic E-state index is 11.6. The van der Waals surface area contributed by atoms with Gasteiger partial charge in [0, 0.05) is 12.6 Å². The number of ether oxygens (including phenoxy) is 1. The van der Waals surface area contributed by atoms with Gasteiger partial charge in [-0.1, -0.05) is 12.1 Å². The number of carbonyl (C=O) groups excluding carboxylic acids is 1. The number of para-hydroxylation sites is 2. The van der Waals surface area contributed by atoms with Crippen molar-refractivity contribution in [1.29, 1.82) is 0 Å². The molecule has 1 aromatic carbocycles. The second kappa shape index (κ2) is 7.54. The lowest BCUT2D eigenvalue weighted by Crippen LogP contribution is -2.38. The molecule has 0 aliphatic carbocycles. The molecule has 0 saturated carbocycles. The van der Waals surface area contributed by atoms with Crippen LogP contribution < -0.4 is 15.4 Å². The molecule has 0 aromatic heterocycles. The summed E-state index contributed by atoms with van der Waals surface area (Å²) in [6, 6.07) is 6.84. The molecule has 0 aliphatic rings. The Balaban J connectivity index is 2.61. The smallest absolute Gasteiger partial charge is 0.407 e. The molecule has 0 aliphatic heterocycles. The largest absolute Gasteiger partial charge is 0.444 e. The maximum Gasteiger partial charge on any atom is 0.407 e. The summed E-state index contributed by atoms with van der Waals surface area (Å²) in [5.74, 6) is 0. The second-order valence-corrected chi connectivity index (χ2v) is 8.10. The Morgan fingerprint density at radius 3 is 2.30 bits per heavy atom. The van der Waals surface area contributed by atoms with E-state index in [-0.39, 0.29) is 6.04 Å². The molecule has 1 atom stereocenters. The Bertz CT molecular complexity index is 638. The Kier molecular flexibility index (Phi) is 6.26. The van der Waals surface area contributed by atoms with Crippen LogP contribution in [0.2, 0.25) is 0 Å². The van der Waals surface area contributed by atoms with Crippen LogP contribution in [0, 0.1) is 0 Å². The van der Waals surface area contributed by atoms with Gasteiger partial charge in [-0.05, 0) is 39.8 Å². The molecule has 7 nitrogen and oxygen atoms in total. The average Bonchev–Trinajstić information content (AvgIpc) is 2.35. The summed E-state index contributed by atoms with van der Waals surface area (Å²) in [7, 11) is -3.36. The number of sulfonamides is 1. The molecule has 0 saturated heterocycles. The van der Waals surface area contributed by atoms with Crippen molar-refractivity contribution in [2.75, 3.05) is 22.8 Å². The number of nitrogens with one attached hydrogen (secondary N) is 3. The number of hydrogen-bond acceptors (Lipinski definition) is 5. The van der Waals surface area contributed by atoms with E-state index in [2.05, 4.69) is 15.4 Å². The SMILES string of the molecule is CC(CNC(=O)OC(C)(C)C)Nc1ccccc1NS(C)(=O)=O.